The normalized spacial score (nSPS) is 22.9. The van der Waals surface area contributed by atoms with Gasteiger partial charge in [-0.15, -0.1) is 0 Å². The van der Waals surface area contributed by atoms with E-state index in [4.69, 9.17) is 0 Å². The minimum Gasteiger partial charge on any atom is -0.351 e. The SMILES string of the molecule is FC1(F)CCC(Nc2nc(NC3CCC(CCc4ccccc4)CC3)nc(-c3cccc(C(F)(F)F)n3)n2)C1. The quantitative estimate of drug-likeness (QED) is 0.292. The van der Waals surface area contributed by atoms with E-state index in [1.165, 1.54) is 17.7 Å². The standard InChI is InChI=1S/C28H31F5N6/c29-27(30)16-15-21(17-27)35-26-38-24(22-7-4-8-23(36-22)28(31,32)33)37-25(39-26)34-20-13-11-19(12-14-20)10-9-18-5-2-1-3-6-18/h1-8,19-21H,9-17H2,(H2,34,35,37,38,39). The van der Waals surface area contributed by atoms with Gasteiger partial charge < -0.3 is 10.6 Å². The Morgan fingerprint density at radius 3 is 2.10 bits per heavy atom. The summed E-state index contributed by atoms with van der Waals surface area (Å²) in [5.41, 5.74) is 0.201. The second-order valence-corrected chi connectivity index (χ2v) is 10.5. The number of halogens is 5. The second-order valence-electron chi connectivity index (χ2n) is 10.5. The Hall–Kier alpha value is -3.37. The molecule has 0 radical (unpaired) electrons. The molecule has 0 bridgehead atoms. The third-order valence-corrected chi connectivity index (χ3v) is 7.50. The van der Waals surface area contributed by atoms with Gasteiger partial charge in [-0.25, -0.2) is 13.8 Å². The van der Waals surface area contributed by atoms with Gasteiger partial charge in [0.1, 0.15) is 11.4 Å². The first-order valence-electron chi connectivity index (χ1n) is 13.4. The Bertz CT molecular complexity index is 1240. The number of hydrogen-bond acceptors (Lipinski definition) is 6. The summed E-state index contributed by atoms with van der Waals surface area (Å²) in [5.74, 6) is -1.97. The van der Waals surface area contributed by atoms with Crippen molar-refractivity contribution < 1.29 is 22.0 Å². The van der Waals surface area contributed by atoms with Crippen LogP contribution in [0.1, 0.15) is 62.6 Å². The third kappa shape index (κ3) is 7.39. The Morgan fingerprint density at radius 1 is 0.769 bits per heavy atom. The lowest BCUT2D eigenvalue weighted by atomic mass is 9.83. The first-order chi connectivity index (χ1) is 18.6. The molecule has 1 atom stereocenters. The van der Waals surface area contributed by atoms with Crippen LogP contribution in [0, 0.1) is 5.92 Å². The van der Waals surface area contributed by atoms with Crippen molar-refractivity contribution in [2.24, 2.45) is 5.92 Å². The van der Waals surface area contributed by atoms with Gasteiger partial charge in [-0.1, -0.05) is 36.4 Å². The fraction of sp³-hybridized carbons (Fsp3) is 0.500. The molecule has 2 aromatic heterocycles. The van der Waals surface area contributed by atoms with Crippen LogP contribution in [0.4, 0.5) is 33.8 Å². The van der Waals surface area contributed by atoms with Crippen LogP contribution in [0.3, 0.4) is 0 Å². The van der Waals surface area contributed by atoms with E-state index in [9.17, 15) is 22.0 Å². The summed E-state index contributed by atoms with van der Waals surface area (Å²) in [6.07, 6.45) is 1.07. The van der Waals surface area contributed by atoms with Gasteiger partial charge in [0.05, 0.1) is 0 Å². The minimum atomic E-state index is -4.63. The number of alkyl halides is 5. The molecule has 6 nitrogen and oxygen atoms in total. The number of aryl methyl sites for hydroxylation is 1. The molecule has 2 N–H and O–H groups in total. The topological polar surface area (TPSA) is 75.6 Å². The number of pyridine rings is 1. The van der Waals surface area contributed by atoms with E-state index < -0.39 is 23.8 Å². The van der Waals surface area contributed by atoms with E-state index in [-0.39, 0.29) is 48.7 Å². The molecule has 208 valence electrons. The van der Waals surface area contributed by atoms with Gasteiger partial charge in [0.2, 0.25) is 17.8 Å². The van der Waals surface area contributed by atoms with Crippen molar-refractivity contribution >= 4 is 11.9 Å². The number of anilines is 2. The van der Waals surface area contributed by atoms with Crippen LogP contribution in [0.25, 0.3) is 11.5 Å². The molecule has 39 heavy (non-hydrogen) atoms. The largest absolute Gasteiger partial charge is 0.433 e. The zero-order chi connectivity index (χ0) is 27.5. The van der Waals surface area contributed by atoms with E-state index in [1.807, 2.05) is 6.07 Å². The molecule has 1 unspecified atom stereocenters. The molecule has 3 aromatic rings. The molecule has 0 aliphatic heterocycles. The number of rotatable bonds is 8. The van der Waals surface area contributed by atoms with Gasteiger partial charge in [-0.05, 0) is 68.6 Å². The van der Waals surface area contributed by atoms with Crippen molar-refractivity contribution in [2.75, 3.05) is 10.6 Å². The molecule has 0 amide bonds. The first-order valence-corrected chi connectivity index (χ1v) is 13.4. The van der Waals surface area contributed by atoms with Gasteiger partial charge in [-0.3, -0.25) is 0 Å². The Morgan fingerprint density at radius 2 is 1.46 bits per heavy atom. The maximum Gasteiger partial charge on any atom is 0.433 e. The second kappa shape index (κ2) is 11.4. The van der Waals surface area contributed by atoms with E-state index in [2.05, 4.69) is 54.8 Å². The van der Waals surface area contributed by atoms with Crippen molar-refractivity contribution in [1.29, 1.82) is 0 Å². The molecule has 2 fully saturated rings. The van der Waals surface area contributed by atoms with Crippen molar-refractivity contribution in [3.8, 4) is 11.5 Å². The Balaban J connectivity index is 1.29. The highest BCUT2D eigenvalue weighted by atomic mass is 19.4. The van der Waals surface area contributed by atoms with E-state index in [0.717, 1.165) is 44.6 Å². The van der Waals surface area contributed by atoms with Crippen molar-refractivity contribution in [1.82, 2.24) is 19.9 Å². The third-order valence-electron chi connectivity index (χ3n) is 7.50. The lowest BCUT2D eigenvalue weighted by Gasteiger charge is -2.29. The van der Waals surface area contributed by atoms with Crippen LogP contribution in [0.15, 0.2) is 48.5 Å². The zero-order valence-corrected chi connectivity index (χ0v) is 21.4. The van der Waals surface area contributed by atoms with Crippen molar-refractivity contribution in [2.45, 2.75) is 82.0 Å². The van der Waals surface area contributed by atoms with Crippen molar-refractivity contribution in [3.63, 3.8) is 0 Å². The fourth-order valence-electron chi connectivity index (χ4n) is 5.39. The highest BCUT2D eigenvalue weighted by molar-refractivity contribution is 5.54. The van der Waals surface area contributed by atoms with Gasteiger partial charge >= 0.3 is 6.18 Å². The summed E-state index contributed by atoms with van der Waals surface area (Å²) in [6.45, 7) is 0. The lowest BCUT2D eigenvalue weighted by molar-refractivity contribution is -0.141. The van der Waals surface area contributed by atoms with Crippen LogP contribution in [-0.4, -0.2) is 37.9 Å². The highest BCUT2D eigenvalue weighted by Crippen LogP contribution is 2.36. The highest BCUT2D eigenvalue weighted by Gasteiger charge is 2.40. The number of nitrogens with zero attached hydrogens (tertiary/aromatic N) is 4. The van der Waals surface area contributed by atoms with Crippen LogP contribution >= 0.6 is 0 Å². The van der Waals surface area contributed by atoms with Crippen LogP contribution < -0.4 is 10.6 Å². The average molecular weight is 547 g/mol. The number of hydrogen-bond donors (Lipinski definition) is 2. The van der Waals surface area contributed by atoms with Crippen LogP contribution in [-0.2, 0) is 12.6 Å². The molecule has 5 rings (SSSR count). The monoisotopic (exact) mass is 546 g/mol. The van der Waals surface area contributed by atoms with Gasteiger partial charge in [0.15, 0.2) is 5.82 Å². The molecule has 0 spiro atoms. The molecule has 1 aromatic carbocycles. The Kier molecular flexibility index (Phi) is 7.95. The fourth-order valence-corrected chi connectivity index (χ4v) is 5.39. The van der Waals surface area contributed by atoms with E-state index in [1.54, 1.807) is 0 Å². The maximum absolute atomic E-state index is 13.7. The zero-order valence-electron chi connectivity index (χ0n) is 21.4. The molecular weight excluding hydrogens is 515 g/mol. The number of benzene rings is 1. The van der Waals surface area contributed by atoms with Gasteiger partial charge in [0, 0.05) is 24.9 Å². The molecule has 2 heterocycles. The van der Waals surface area contributed by atoms with Gasteiger partial charge in [-0.2, -0.15) is 28.1 Å². The molecule has 2 saturated carbocycles. The summed E-state index contributed by atoms with van der Waals surface area (Å²) in [7, 11) is 0. The smallest absolute Gasteiger partial charge is 0.351 e. The van der Waals surface area contributed by atoms with E-state index >= 15 is 0 Å². The van der Waals surface area contributed by atoms with Crippen LogP contribution in [0.2, 0.25) is 0 Å². The summed E-state index contributed by atoms with van der Waals surface area (Å²) >= 11 is 0. The summed E-state index contributed by atoms with van der Waals surface area (Å²) in [6, 6.07) is 13.4. The molecule has 0 saturated heterocycles. The number of aromatic nitrogens is 4. The predicted molar refractivity (Wildman–Crippen MR) is 138 cm³/mol. The summed E-state index contributed by atoms with van der Waals surface area (Å²) < 4.78 is 67.3. The Labute approximate surface area is 223 Å². The number of nitrogens with one attached hydrogen (secondary N) is 2. The lowest BCUT2D eigenvalue weighted by Crippen LogP contribution is -2.28. The molecular formula is C28H31F5N6. The molecule has 2 aliphatic rings. The summed E-state index contributed by atoms with van der Waals surface area (Å²) in [5, 5.41) is 6.25. The predicted octanol–water partition coefficient (Wildman–Crippen LogP) is 7.16. The summed E-state index contributed by atoms with van der Waals surface area (Å²) in [4.78, 5) is 16.7. The van der Waals surface area contributed by atoms with Gasteiger partial charge in [0.25, 0.3) is 0 Å². The van der Waals surface area contributed by atoms with Crippen LogP contribution in [0.5, 0.6) is 0 Å². The first kappa shape index (κ1) is 27.2. The van der Waals surface area contributed by atoms with Crippen molar-refractivity contribution in [3.05, 3.63) is 59.8 Å². The minimum absolute atomic E-state index is 0.0426. The average Bonchev–Trinajstić information content (AvgIpc) is 3.26. The maximum atomic E-state index is 13.7. The van der Waals surface area contributed by atoms with E-state index in [0.29, 0.717) is 5.92 Å². The molecule has 2 aliphatic carbocycles. The molecule has 11 heteroatoms.